The smallest absolute Gasteiger partial charge is 0.319 e. The average Bonchev–Trinajstić information content (AvgIpc) is 3.03. The predicted molar refractivity (Wildman–Crippen MR) is 93.1 cm³/mol. The molecular weight excluding hydrogens is 304 g/mol. The van der Waals surface area contributed by atoms with Gasteiger partial charge in [0.15, 0.2) is 0 Å². The van der Waals surface area contributed by atoms with Crippen molar-refractivity contribution in [3.8, 4) is 5.88 Å². The molecule has 1 aliphatic heterocycles. The summed E-state index contributed by atoms with van der Waals surface area (Å²) < 4.78 is 5.14. The van der Waals surface area contributed by atoms with Gasteiger partial charge in [0.2, 0.25) is 5.88 Å². The van der Waals surface area contributed by atoms with Crippen LogP contribution in [0, 0.1) is 0 Å². The van der Waals surface area contributed by atoms with Crippen molar-refractivity contribution in [3.63, 3.8) is 0 Å². The summed E-state index contributed by atoms with van der Waals surface area (Å²) in [5.74, 6) is 0.407. The Kier molecular flexibility index (Phi) is 5.28. The number of carbonyl (C=O) groups excluding carboxylic acids is 1. The first-order valence-electron chi connectivity index (χ1n) is 8.07. The lowest BCUT2D eigenvalue weighted by Gasteiger charge is -2.17. The third-order valence-corrected chi connectivity index (χ3v) is 4.07. The lowest BCUT2D eigenvalue weighted by Crippen LogP contribution is -2.39. The Balaban J connectivity index is 1.49. The monoisotopic (exact) mass is 326 g/mol. The normalized spacial score (nSPS) is 17.5. The minimum Gasteiger partial charge on any atom is -0.480 e. The summed E-state index contributed by atoms with van der Waals surface area (Å²) in [5, 5.41) is 5.82. The van der Waals surface area contributed by atoms with Crippen molar-refractivity contribution in [1.82, 2.24) is 15.2 Å². The lowest BCUT2D eigenvalue weighted by atomic mass is 10.2. The summed E-state index contributed by atoms with van der Waals surface area (Å²) in [7, 11) is 1.53. The van der Waals surface area contributed by atoms with Crippen LogP contribution in [0.3, 0.4) is 0 Å². The van der Waals surface area contributed by atoms with Crippen molar-refractivity contribution in [2.24, 2.45) is 0 Å². The van der Waals surface area contributed by atoms with Crippen LogP contribution in [-0.2, 0) is 6.54 Å². The first-order chi connectivity index (χ1) is 11.7. The van der Waals surface area contributed by atoms with Crippen LogP contribution in [-0.4, -0.2) is 42.2 Å². The van der Waals surface area contributed by atoms with Gasteiger partial charge in [-0.1, -0.05) is 30.3 Å². The van der Waals surface area contributed by atoms with Gasteiger partial charge < -0.3 is 15.4 Å². The quantitative estimate of drug-likeness (QED) is 0.886. The van der Waals surface area contributed by atoms with Gasteiger partial charge in [0.05, 0.1) is 7.11 Å². The first-order valence-corrected chi connectivity index (χ1v) is 8.07. The Bertz CT molecular complexity index is 678. The fourth-order valence-corrected chi connectivity index (χ4v) is 2.93. The Morgan fingerprint density at radius 2 is 2.12 bits per heavy atom. The molecule has 126 valence electrons. The molecule has 1 saturated heterocycles. The maximum absolute atomic E-state index is 12.2. The lowest BCUT2D eigenvalue weighted by molar-refractivity contribution is 0.247. The van der Waals surface area contributed by atoms with E-state index in [1.165, 1.54) is 12.7 Å². The third kappa shape index (κ3) is 4.23. The largest absolute Gasteiger partial charge is 0.480 e. The van der Waals surface area contributed by atoms with E-state index in [4.69, 9.17) is 4.74 Å². The molecule has 2 amide bonds. The highest BCUT2D eigenvalue weighted by atomic mass is 16.5. The Morgan fingerprint density at radius 3 is 2.92 bits per heavy atom. The molecule has 1 unspecified atom stereocenters. The molecule has 2 aromatic rings. The molecule has 3 rings (SSSR count). The molecule has 0 saturated carbocycles. The van der Waals surface area contributed by atoms with Crippen LogP contribution >= 0.6 is 0 Å². The Morgan fingerprint density at radius 1 is 1.29 bits per heavy atom. The van der Waals surface area contributed by atoms with Crippen molar-refractivity contribution >= 4 is 11.7 Å². The van der Waals surface area contributed by atoms with Crippen LogP contribution in [0.5, 0.6) is 5.88 Å². The minimum absolute atomic E-state index is 0.149. The van der Waals surface area contributed by atoms with Crippen LogP contribution in [0.1, 0.15) is 12.0 Å². The number of nitrogens with one attached hydrogen (secondary N) is 2. The van der Waals surface area contributed by atoms with Crippen LogP contribution in [0.25, 0.3) is 0 Å². The molecule has 0 bridgehead atoms. The number of nitrogens with zero attached hydrogens (tertiary/aromatic N) is 2. The van der Waals surface area contributed by atoms with Gasteiger partial charge in [-0.3, -0.25) is 4.90 Å². The molecule has 6 nitrogen and oxygen atoms in total. The summed E-state index contributed by atoms with van der Waals surface area (Å²) in [6.07, 6.45) is 2.57. The fraction of sp³-hybridized carbons (Fsp3) is 0.333. The number of aromatic nitrogens is 1. The van der Waals surface area contributed by atoms with E-state index in [0.717, 1.165) is 26.1 Å². The predicted octanol–water partition coefficient (Wildman–Crippen LogP) is 2.49. The molecule has 0 spiro atoms. The number of hydrogen-bond donors (Lipinski definition) is 2. The van der Waals surface area contributed by atoms with Gasteiger partial charge in [0, 0.05) is 31.9 Å². The summed E-state index contributed by atoms with van der Waals surface area (Å²) >= 11 is 0. The first kappa shape index (κ1) is 16.3. The van der Waals surface area contributed by atoms with Crippen molar-refractivity contribution in [2.45, 2.75) is 19.0 Å². The second-order valence-corrected chi connectivity index (χ2v) is 5.87. The standard InChI is InChI=1S/C18H22N4O2/c1-24-17-16(8-5-10-19-17)21-18(23)20-15-9-11-22(13-15)12-14-6-3-2-4-7-14/h2-8,10,15H,9,11-13H2,1H3,(H2,20,21,23). The highest BCUT2D eigenvalue weighted by Crippen LogP contribution is 2.20. The van der Waals surface area contributed by atoms with Crippen molar-refractivity contribution < 1.29 is 9.53 Å². The highest BCUT2D eigenvalue weighted by Gasteiger charge is 2.24. The number of ether oxygens (including phenoxy) is 1. The van der Waals surface area contributed by atoms with E-state index in [1.807, 2.05) is 6.07 Å². The molecule has 0 aliphatic carbocycles. The van der Waals surface area contributed by atoms with E-state index in [0.29, 0.717) is 11.6 Å². The molecule has 0 radical (unpaired) electrons. The Hall–Kier alpha value is -2.60. The number of pyridine rings is 1. The topological polar surface area (TPSA) is 66.5 Å². The SMILES string of the molecule is COc1ncccc1NC(=O)NC1CCN(Cc2ccccc2)C1. The van der Waals surface area contributed by atoms with Gasteiger partial charge in [-0.2, -0.15) is 0 Å². The van der Waals surface area contributed by atoms with E-state index < -0.39 is 0 Å². The fourth-order valence-electron chi connectivity index (χ4n) is 2.93. The van der Waals surface area contributed by atoms with E-state index in [-0.39, 0.29) is 12.1 Å². The molecule has 1 aromatic carbocycles. The molecule has 2 N–H and O–H groups in total. The average molecular weight is 326 g/mol. The molecule has 1 aliphatic rings. The van der Waals surface area contributed by atoms with Crippen molar-refractivity contribution in [3.05, 3.63) is 54.2 Å². The van der Waals surface area contributed by atoms with Gasteiger partial charge in [0.25, 0.3) is 0 Å². The van der Waals surface area contributed by atoms with Crippen LogP contribution in [0.15, 0.2) is 48.7 Å². The minimum atomic E-state index is -0.229. The second kappa shape index (κ2) is 7.79. The van der Waals surface area contributed by atoms with E-state index >= 15 is 0 Å². The molecular formula is C18H22N4O2. The third-order valence-electron chi connectivity index (χ3n) is 4.07. The number of urea groups is 1. The maximum Gasteiger partial charge on any atom is 0.319 e. The zero-order chi connectivity index (χ0) is 16.8. The summed E-state index contributed by atoms with van der Waals surface area (Å²) in [4.78, 5) is 18.6. The number of anilines is 1. The van der Waals surface area contributed by atoms with Gasteiger partial charge in [0.1, 0.15) is 5.69 Å². The van der Waals surface area contributed by atoms with E-state index in [2.05, 4.69) is 44.8 Å². The van der Waals surface area contributed by atoms with Gasteiger partial charge >= 0.3 is 6.03 Å². The molecule has 24 heavy (non-hydrogen) atoms. The number of likely N-dealkylation sites (tertiary alicyclic amines) is 1. The Labute approximate surface area is 141 Å². The molecule has 6 heteroatoms. The molecule has 1 aromatic heterocycles. The molecule has 1 atom stereocenters. The summed E-state index contributed by atoms with van der Waals surface area (Å²) in [6, 6.07) is 13.8. The number of carbonyl (C=O) groups is 1. The van der Waals surface area contributed by atoms with Gasteiger partial charge in [-0.05, 0) is 24.1 Å². The van der Waals surface area contributed by atoms with Crippen LogP contribution in [0.2, 0.25) is 0 Å². The number of methoxy groups -OCH3 is 1. The van der Waals surface area contributed by atoms with Crippen molar-refractivity contribution in [2.75, 3.05) is 25.5 Å². The zero-order valence-electron chi connectivity index (χ0n) is 13.7. The number of hydrogen-bond acceptors (Lipinski definition) is 4. The summed E-state index contributed by atoms with van der Waals surface area (Å²) in [5.41, 5.74) is 1.86. The summed E-state index contributed by atoms with van der Waals surface area (Å²) in [6.45, 7) is 2.75. The van der Waals surface area contributed by atoms with E-state index in [1.54, 1.807) is 18.3 Å². The van der Waals surface area contributed by atoms with Gasteiger partial charge in [-0.25, -0.2) is 9.78 Å². The zero-order valence-corrected chi connectivity index (χ0v) is 13.7. The number of amides is 2. The molecule has 1 fully saturated rings. The highest BCUT2D eigenvalue weighted by molar-refractivity contribution is 5.90. The van der Waals surface area contributed by atoms with Crippen LogP contribution in [0.4, 0.5) is 10.5 Å². The number of benzene rings is 1. The van der Waals surface area contributed by atoms with E-state index in [9.17, 15) is 4.79 Å². The molecule has 2 heterocycles. The van der Waals surface area contributed by atoms with Crippen LogP contribution < -0.4 is 15.4 Å². The van der Waals surface area contributed by atoms with Crippen molar-refractivity contribution in [1.29, 1.82) is 0 Å². The number of rotatable bonds is 5. The van der Waals surface area contributed by atoms with Gasteiger partial charge in [-0.15, -0.1) is 0 Å². The maximum atomic E-state index is 12.2. The second-order valence-electron chi connectivity index (χ2n) is 5.87.